The van der Waals surface area contributed by atoms with E-state index in [1.54, 1.807) is 0 Å². The number of carbonyl (C=O) groups excluding carboxylic acids is 2. The number of aryl methyl sites for hydroxylation is 2. The fourth-order valence-electron chi connectivity index (χ4n) is 4.20. The summed E-state index contributed by atoms with van der Waals surface area (Å²) in [4.78, 5) is 31.9. The minimum Gasteiger partial charge on any atom is -0.339 e. The molecule has 1 aliphatic carbocycles. The lowest BCUT2D eigenvalue weighted by atomic mass is 9.95. The number of hydrogen-bond acceptors (Lipinski definition) is 5. The Balaban J connectivity index is 1.16. The molecule has 1 saturated carbocycles. The van der Waals surface area contributed by atoms with Gasteiger partial charge in [0.15, 0.2) is 0 Å². The van der Waals surface area contributed by atoms with Crippen LogP contribution in [-0.2, 0) is 4.79 Å². The molecule has 1 N–H and O–H groups in total. The van der Waals surface area contributed by atoms with Gasteiger partial charge in [-0.2, -0.15) is 4.98 Å². The van der Waals surface area contributed by atoms with Crippen LogP contribution in [-0.4, -0.2) is 39.9 Å². The fraction of sp³-hybridized carbons (Fsp3) is 0.385. The molecule has 1 aliphatic heterocycles. The minimum atomic E-state index is -0.0862. The monoisotopic (exact) mass is 444 g/mol. The van der Waals surface area contributed by atoms with Crippen molar-refractivity contribution in [2.75, 3.05) is 18.4 Å². The minimum absolute atomic E-state index is 0.0126. The van der Waals surface area contributed by atoms with Gasteiger partial charge >= 0.3 is 0 Å². The number of benzene rings is 2. The second-order valence-electron chi connectivity index (χ2n) is 9.16. The highest BCUT2D eigenvalue weighted by Crippen LogP contribution is 2.39. The Bertz CT molecular complexity index is 1170. The first-order valence-corrected chi connectivity index (χ1v) is 11.6. The molecule has 2 aromatic carbocycles. The summed E-state index contributed by atoms with van der Waals surface area (Å²) in [6.07, 6.45) is 3.54. The number of rotatable bonds is 5. The number of aromatic nitrogens is 2. The van der Waals surface area contributed by atoms with E-state index < -0.39 is 0 Å². The van der Waals surface area contributed by atoms with Crippen LogP contribution in [0, 0.1) is 19.8 Å². The third kappa shape index (κ3) is 4.67. The Morgan fingerprint density at radius 1 is 0.970 bits per heavy atom. The smallest absolute Gasteiger partial charge is 0.253 e. The summed E-state index contributed by atoms with van der Waals surface area (Å²) in [5.74, 6) is 1.61. The summed E-state index contributed by atoms with van der Waals surface area (Å²) in [6, 6.07) is 13.3. The van der Waals surface area contributed by atoms with Gasteiger partial charge in [0.1, 0.15) is 0 Å². The number of nitrogens with one attached hydrogen (secondary N) is 1. The highest BCUT2D eigenvalue weighted by Gasteiger charge is 2.30. The average Bonchev–Trinajstić information content (AvgIpc) is 3.57. The summed E-state index contributed by atoms with van der Waals surface area (Å²) >= 11 is 0. The molecule has 1 saturated heterocycles. The molecule has 5 rings (SSSR count). The van der Waals surface area contributed by atoms with Crippen molar-refractivity contribution < 1.29 is 14.1 Å². The number of carbonyl (C=O) groups is 2. The van der Waals surface area contributed by atoms with Crippen LogP contribution >= 0.6 is 0 Å². The van der Waals surface area contributed by atoms with Crippen molar-refractivity contribution in [3.8, 4) is 11.4 Å². The third-order valence-electron chi connectivity index (χ3n) is 6.69. The first-order chi connectivity index (χ1) is 16.0. The normalized spacial score (nSPS) is 16.6. The number of piperidine rings is 1. The van der Waals surface area contributed by atoms with Crippen LogP contribution in [0.25, 0.3) is 11.4 Å². The topological polar surface area (TPSA) is 88.3 Å². The van der Waals surface area contributed by atoms with Gasteiger partial charge in [-0.1, -0.05) is 23.4 Å². The first kappa shape index (κ1) is 21.4. The standard InChI is InChI=1S/C26H28N4O3/c1-16-3-10-22(15-17(16)2)27-24(31)19-11-13-30(14-12-19)26(32)21-8-4-18(5-9-21)23-28-25(33-29-23)20-6-7-20/h3-5,8-10,15,19-20H,6-7,11-14H2,1-2H3,(H,27,31). The maximum Gasteiger partial charge on any atom is 0.253 e. The lowest BCUT2D eigenvalue weighted by molar-refractivity contribution is -0.121. The van der Waals surface area contributed by atoms with Crippen LogP contribution in [0.4, 0.5) is 5.69 Å². The Morgan fingerprint density at radius 3 is 2.36 bits per heavy atom. The van der Waals surface area contributed by atoms with E-state index in [4.69, 9.17) is 4.52 Å². The number of hydrogen-bond donors (Lipinski definition) is 1. The lowest BCUT2D eigenvalue weighted by Crippen LogP contribution is -2.41. The van der Waals surface area contributed by atoms with E-state index in [1.807, 2.05) is 54.3 Å². The Kier molecular flexibility index (Phi) is 5.70. The van der Waals surface area contributed by atoms with Crippen LogP contribution in [0.1, 0.15) is 59.0 Å². The predicted octanol–water partition coefficient (Wildman–Crippen LogP) is 4.72. The van der Waals surface area contributed by atoms with E-state index >= 15 is 0 Å². The molecule has 170 valence electrons. The second-order valence-corrected chi connectivity index (χ2v) is 9.16. The summed E-state index contributed by atoms with van der Waals surface area (Å²) in [5, 5.41) is 7.08. The molecular formula is C26H28N4O3. The van der Waals surface area contributed by atoms with Crippen molar-refractivity contribution in [1.29, 1.82) is 0 Å². The molecule has 7 nitrogen and oxygen atoms in total. The summed E-state index contributed by atoms with van der Waals surface area (Å²) in [6.45, 7) is 5.23. The lowest BCUT2D eigenvalue weighted by Gasteiger charge is -2.31. The van der Waals surface area contributed by atoms with Crippen LogP contribution in [0.15, 0.2) is 47.0 Å². The van der Waals surface area contributed by atoms with Crippen molar-refractivity contribution in [2.24, 2.45) is 5.92 Å². The molecule has 33 heavy (non-hydrogen) atoms. The molecule has 2 aliphatic rings. The SMILES string of the molecule is Cc1ccc(NC(=O)C2CCN(C(=O)c3ccc(-c4noc(C5CC5)n4)cc3)CC2)cc1C. The highest BCUT2D eigenvalue weighted by atomic mass is 16.5. The zero-order valence-electron chi connectivity index (χ0n) is 19.0. The van der Waals surface area contributed by atoms with Crippen LogP contribution in [0.5, 0.6) is 0 Å². The zero-order chi connectivity index (χ0) is 22.9. The molecule has 0 spiro atoms. The Labute approximate surface area is 193 Å². The van der Waals surface area contributed by atoms with E-state index in [9.17, 15) is 9.59 Å². The van der Waals surface area contributed by atoms with Crippen molar-refractivity contribution in [2.45, 2.75) is 45.4 Å². The number of amides is 2. The van der Waals surface area contributed by atoms with Crippen molar-refractivity contribution >= 4 is 17.5 Å². The predicted molar refractivity (Wildman–Crippen MR) is 125 cm³/mol. The molecule has 7 heteroatoms. The van der Waals surface area contributed by atoms with Gasteiger partial charge < -0.3 is 14.7 Å². The average molecular weight is 445 g/mol. The largest absolute Gasteiger partial charge is 0.339 e. The number of anilines is 1. The summed E-state index contributed by atoms with van der Waals surface area (Å²) < 4.78 is 5.32. The molecule has 0 unspecified atom stereocenters. The second kappa shape index (κ2) is 8.81. The maximum atomic E-state index is 13.0. The van der Waals surface area contributed by atoms with Gasteiger partial charge in [0.2, 0.25) is 17.6 Å². The molecule has 2 heterocycles. The molecule has 2 amide bonds. The van der Waals surface area contributed by atoms with E-state index in [0.717, 1.165) is 29.7 Å². The molecular weight excluding hydrogens is 416 g/mol. The molecule has 0 bridgehead atoms. The molecule has 2 fully saturated rings. The van der Waals surface area contributed by atoms with Gasteiger partial charge in [0, 0.05) is 41.7 Å². The van der Waals surface area contributed by atoms with E-state index in [0.29, 0.717) is 49.1 Å². The van der Waals surface area contributed by atoms with Crippen LogP contribution < -0.4 is 5.32 Å². The molecule has 1 aromatic heterocycles. The van der Waals surface area contributed by atoms with Gasteiger partial charge in [-0.15, -0.1) is 0 Å². The van der Waals surface area contributed by atoms with Crippen LogP contribution in [0.3, 0.4) is 0 Å². The van der Waals surface area contributed by atoms with E-state index in [2.05, 4.69) is 22.4 Å². The van der Waals surface area contributed by atoms with Gasteiger partial charge in [-0.25, -0.2) is 0 Å². The van der Waals surface area contributed by atoms with Gasteiger partial charge in [0.05, 0.1) is 0 Å². The number of nitrogens with zero attached hydrogens (tertiary/aromatic N) is 3. The van der Waals surface area contributed by atoms with Crippen molar-refractivity contribution in [1.82, 2.24) is 15.0 Å². The zero-order valence-corrected chi connectivity index (χ0v) is 19.0. The van der Waals surface area contributed by atoms with Crippen LogP contribution in [0.2, 0.25) is 0 Å². The number of likely N-dealkylation sites (tertiary alicyclic amines) is 1. The van der Waals surface area contributed by atoms with E-state index in [-0.39, 0.29) is 17.7 Å². The van der Waals surface area contributed by atoms with Crippen molar-refractivity contribution in [3.63, 3.8) is 0 Å². The quantitative estimate of drug-likeness (QED) is 0.615. The van der Waals surface area contributed by atoms with Gasteiger partial charge in [0.25, 0.3) is 5.91 Å². The first-order valence-electron chi connectivity index (χ1n) is 11.6. The fourth-order valence-corrected chi connectivity index (χ4v) is 4.20. The van der Waals surface area contributed by atoms with Crippen molar-refractivity contribution in [3.05, 3.63) is 65.0 Å². The summed E-state index contributed by atoms with van der Waals surface area (Å²) in [7, 11) is 0. The molecule has 0 radical (unpaired) electrons. The Morgan fingerprint density at radius 2 is 1.70 bits per heavy atom. The summed E-state index contributed by atoms with van der Waals surface area (Å²) in [5.41, 5.74) is 4.65. The maximum absolute atomic E-state index is 13.0. The van der Waals surface area contributed by atoms with E-state index in [1.165, 1.54) is 5.56 Å². The third-order valence-corrected chi connectivity index (χ3v) is 6.69. The molecule has 3 aromatic rings. The molecule has 0 atom stereocenters. The highest BCUT2D eigenvalue weighted by molar-refractivity contribution is 5.95. The van der Waals surface area contributed by atoms with Gasteiger partial charge in [-0.3, -0.25) is 9.59 Å². The Hall–Kier alpha value is -3.48. The van der Waals surface area contributed by atoms with Gasteiger partial charge in [-0.05, 0) is 74.9 Å².